The van der Waals surface area contributed by atoms with E-state index in [9.17, 15) is 0 Å². The molecule has 0 saturated heterocycles. The Morgan fingerprint density at radius 2 is 1.64 bits per heavy atom. The van der Waals surface area contributed by atoms with Crippen LogP contribution in [0, 0.1) is 0 Å². The lowest BCUT2D eigenvalue weighted by Gasteiger charge is -2.17. The van der Waals surface area contributed by atoms with Crippen LogP contribution in [0.15, 0.2) is 0 Å². The number of rotatable bonds is 9. The second kappa shape index (κ2) is 9.47. The number of hydrogen-bond acceptors (Lipinski definition) is 2. The van der Waals surface area contributed by atoms with Gasteiger partial charge >= 0.3 is 0 Å². The Bertz CT molecular complexity index is 117. The molecule has 0 aliphatic heterocycles. The third-order valence-electron chi connectivity index (χ3n) is 2.58. The minimum Gasteiger partial charge on any atom is -0.395 e. The van der Waals surface area contributed by atoms with Gasteiger partial charge in [-0.05, 0) is 20.3 Å². The molecule has 0 aromatic heterocycles. The van der Waals surface area contributed by atoms with Crippen LogP contribution >= 0.6 is 0 Å². The van der Waals surface area contributed by atoms with Gasteiger partial charge in [0.2, 0.25) is 0 Å². The van der Waals surface area contributed by atoms with Crippen molar-refractivity contribution in [3.8, 4) is 0 Å². The number of aliphatic hydroxyl groups is 1. The first-order valence-corrected chi connectivity index (χ1v) is 6.07. The highest BCUT2D eigenvalue weighted by Gasteiger charge is 2.05. The summed E-state index contributed by atoms with van der Waals surface area (Å²) in [7, 11) is 0. The van der Waals surface area contributed by atoms with Crippen molar-refractivity contribution in [1.29, 1.82) is 0 Å². The molecule has 0 unspecified atom stereocenters. The smallest absolute Gasteiger partial charge is 0.0582 e. The molecule has 0 aliphatic rings. The van der Waals surface area contributed by atoms with Crippen LogP contribution in [0.2, 0.25) is 0 Å². The monoisotopic (exact) mass is 201 g/mol. The van der Waals surface area contributed by atoms with Gasteiger partial charge in [-0.15, -0.1) is 0 Å². The fourth-order valence-corrected chi connectivity index (χ4v) is 1.68. The fraction of sp³-hybridized carbons (Fsp3) is 1.00. The van der Waals surface area contributed by atoms with E-state index < -0.39 is 0 Å². The van der Waals surface area contributed by atoms with Crippen LogP contribution in [0.4, 0.5) is 0 Å². The summed E-state index contributed by atoms with van der Waals surface area (Å²) < 4.78 is 0. The first kappa shape index (κ1) is 13.9. The average Bonchev–Trinajstić information content (AvgIpc) is 2.17. The molecule has 14 heavy (non-hydrogen) atoms. The molecule has 0 bridgehead atoms. The van der Waals surface area contributed by atoms with E-state index in [0.717, 1.165) is 0 Å². The van der Waals surface area contributed by atoms with Crippen LogP contribution in [0.1, 0.15) is 59.3 Å². The number of hydrogen-bond donors (Lipinski definition) is 2. The van der Waals surface area contributed by atoms with E-state index in [1.807, 2.05) is 6.92 Å². The topological polar surface area (TPSA) is 32.3 Å². The summed E-state index contributed by atoms with van der Waals surface area (Å²) in [6.45, 7) is 6.70. The zero-order valence-electron chi connectivity index (χ0n) is 10.1. The Balaban J connectivity index is 3.22. The van der Waals surface area contributed by atoms with Gasteiger partial charge < -0.3 is 10.4 Å². The molecule has 0 spiro atoms. The van der Waals surface area contributed by atoms with Crippen LogP contribution in [-0.2, 0) is 0 Å². The van der Waals surface area contributed by atoms with Crippen molar-refractivity contribution in [2.45, 2.75) is 71.4 Å². The standard InChI is InChI=1S/C12H27NO/c1-4-5-6-7-8-9-11(2)13-12(3)10-14/h11-14H,4-10H2,1-3H3/t11-,12+/m0/s1. The van der Waals surface area contributed by atoms with E-state index >= 15 is 0 Å². The highest BCUT2D eigenvalue weighted by Crippen LogP contribution is 2.07. The Morgan fingerprint density at radius 3 is 2.21 bits per heavy atom. The van der Waals surface area contributed by atoms with Crippen molar-refractivity contribution in [3.05, 3.63) is 0 Å². The summed E-state index contributed by atoms with van der Waals surface area (Å²) in [5.74, 6) is 0. The molecule has 0 rings (SSSR count). The van der Waals surface area contributed by atoms with Crippen molar-refractivity contribution >= 4 is 0 Å². The summed E-state index contributed by atoms with van der Waals surface area (Å²) in [5, 5.41) is 12.2. The normalized spacial score (nSPS) is 15.4. The van der Waals surface area contributed by atoms with Crippen LogP contribution < -0.4 is 5.32 Å². The SMILES string of the molecule is CCCCCCC[C@H](C)N[C@H](C)CO. The Hall–Kier alpha value is -0.0800. The van der Waals surface area contributed by atoms with Gasteiger partial charge in [0.05, 0.1) is 6.61 Å². The molecule has 2 nitrogen and oxygen atoms in total. The van der Waals surface area contributed by atoms with Crippen molar-refractivity contribution in [3.63, 3.8) is 0 Å². The quantitative estimate of drug-likeness (QED) is 0.562. The van der Waals surface area contributed by atoms with Gasteiger partial charge in [0.1, 0.15) is 0 Å². The molecule has 2 N–H and O–H groups in total. The van der Waals surface area contributed by atoms with E-state index in [2.05, 4.69) is 19.2 Å². The lowest BCUT2D eigenvalue weighted by atomic mass is 10.1. The second-order valence-corrected chi connectivity index (χ2v) is 4.35. The summed E-state index contributed by atoms with van der Waals surface area (Å²) in [4.78, 5) is 0. The minimum absolute atomic E-state index is 0.236. The Kier molecular flexibility index (Phi) is 9.42. The molecule has 2 heteroatoms. The highest BCUT2D eigenvalue weighted by molar-refractivity contribution is 4.66. The molecule has 0 fully saturated rings. The molecule has 0 saturated carbocycles. The van der Waals surface area contributed by atoms with Gasteiger partial charge in [-0.25, -0.2) is 0 Å². The first-order chi connectivity index (χ1) is 6.70. The van der Waals surface area contributed by atoms with Crippen molar-refractivity contribution in [2.24, 2.45) is 0 Å². The molecule has 0 aromatic carbocycles. The number of aliphatic hydroxyl groups excluding tert-OH is 1. The van der Waals surface area contributed by atoms with E-state index in [-0.39, 0.29) is 12.6 Å². The number of unbranched alkanes of at least 4 members (excludes halogenated alkanes) is 4. The maximum atomic E-state index is 8.86. The molecular weight excluding hydrogens is 174 g/mol. The lowest BCUT2D eigenvalue weighted by molar-refractivity contribution is 0.240. The second-order valence-electron chi connectivity index (χ2n) is 4.35. The van der Waals surface area contributed by atoms with Crippen LogP contribution in [0.3, 0.4) is 0 Å². The zero-order valence-corrected chi connectivity index (χ0v) is 10.1. The van der Waals surface area contributed by atoms with Gasteiger partial charge in [-0.3, -0.25) is 0 Å². The maximum absolute atomic E-state index is 8.86. The van der Waals surface area contributed by atoms with Crippen molar-refractivity contribution in [2.75, 3.05) is 6.61 Å². The maximum Gasteiger partial charge on any atom is 0.0582 e. The predicted molar refractivity (Wildman–Crippen MR) is 62.5 cm³/mol. The molecule has 86 valence electrons. The fourth-order valence-electron chi connectivity index (χ4n) is 1.68. The van der Waals surface area contributed by atoms with Gasteiger partial charge in [-0.2, -0.15) is 0 Å². The first-order valence-electron chi connectivity index (χ1n) is 6.07. The molecule has 0 amide bonds. The summed E-state index contributed by atoms with van der Waals surface area (Å²) >= 11 is 0. The van der Waals surface area contributed by atoms with E-state index in [1.165, 1.54) is 38.5 Å². The molecule has 0 aliphatic carbocycles. The molecular formula is C12H27NO. The largest absolute Gasteiger partial charge is 0.395 e. The van der Waals surface area contributed by atoms with Crippen LogP contribution in [0.5, 0.6) is 0 Å². The predicted octanol–water partition coefficient (Wildman–Crippen LogP) is 2.71. The van der Waals surface area contributed by atoms with Gasteiger partial charge in [0.25, 0.3) is 0 Å². The minimum atomic E-state index is 0.236. The highest BCUT2D eigenvalue weighted by atomic mass is 16.3. The lowest BCUT2D eigenvalue weighted by Crippen LogP contribution is -2.36. The van der Waals surface area contributed by atoms with Gasteiger partial charge in [-0.1, -0.05) is 39.0 Å². The molecule has 0 radical (unpaired) electrons. The average molecular weight is 201 g/mol. The van der Waals surface area contributed by atoms with Gasteiger partial charge in [0.15, 0.2) is 0 Å². The van der Waals surface area contributed by atoms with Crippen LogP contribution in [0.25, 0.3) is 0 Å². The van der Waals surface area contributed by atoms with Crippen molar-refractivity contribution in [1.82, 2.24) is 5.32 Å². The van der Waals surface area contributed by atoms with Gasteiger partial charge in [0, 0.05) is 12.1 Å². The third-order valence-corrected chi connectivity index (χ3v) is 2.58. The Morgan fingerprint density at radius 1 is 1.00 bits per heavy atom. The van der Waals surface area contributed by atoms with E-state index in [1.54, 1.807) is 0 Å². The molecule has 0 aromatic rings. The van der Waals surface area contributed by atoms with Crippen LogP contribution in [-0.4, -0.2) is 23.8 Å². The molecule has 2 atom stereocenters. The number of nitrogens with one attached hydrogen (secondary N) is 1. The van der Waals surface area contributed by atoms with E-state index in [4.69, 9.17) is 5.11 Å². The third kappa shape index (κ3) is 8.52. The zero-order chi connectivity index (χ0) is 10.8. The summed E-state index contributed by atoms with van der Waals surface area (Å²) in [5.41, 5.74) is 0. The summed E-state index contributed by atoms with van der Waals surface area (Å²) in [6, 6.07) is 0.777. The van der Waals surface area contributed by atoms with Crippen molar-refractivity contribution < 1.29 is 5.11 Å². The molecule has 0 heterocycles. The Labute approximate surface area is 89.1 Å². The van der Waals surface area contributed by atoms with E-state index in [0.29, 0.717) is 6.04 Å². The summed E-state index contributed by atoms with van der Waals surface area (Å²) in [6.07, 6.45) is 7.96.